The highest BCUT2D eigenvalue weighted by Gasteiger charge is 2.36. The molecular weight excluding hydrogens is 342 g/mol. The van der Waals surface area contributed by atoms with Crippen LogP contribution < -0.4 is 11.1 Å². The second kappa shape index (κ2) is 7.90. The third-order valence-corrected chi connectivity index (χ3v) is 4.89. The van der Waals surface area contributed by atoms with E-state index in [4.69, 9.17) is 5.73 Å². The van der Waals surface area contributed by atoms with Gasteiger partial charge in [-0.3, -0.25) is 9.59 Å². The van der Waals surface area contributed by atoms with Gasteiger partial charge in [-0.05, 0) is 56.7 Å². The number of nitrogens with two attached hydrogens (primary N) is 1. The summed E-state index contributed by atoms with van der Waals surface area (Å²) >= 11 is 0. The first-order chi connectivity index (χ1) is 13.0. The van der Waals surface area contributed by atoms with Crippen LogP contribution in [0.15, 0.2) is 18.3 Å². The molecule has 2 aromatic heterocycles. The number of aryl methyl sites for hydroxylation is 1. The van der Waals surface area contributed by atoms with E-state index >= 15 is 0 Å². The largest absolute Gasteiger partial charge is 0.364 e. The molecule has 2 aliphatic carbocycles. The molecule has 7 nitrogen and oxygen atoms in total. The Balaban J connectivity index is 0.00000102. The summed E-state index contributed by atoms with van der Waals surface area (Å²) in [7, 11) is 0. The molecule has 0 bridgehead atoms. The van der Waals surface area contributed by atoms with E-state index in [9.17, 15) is 9.59 Å². The number of carbonyl (C=O) groups is 2. The number of primary amides is 1. The van der Waals surface area contributed by atoms with Gasteiger partial charge in [0.2, 0.25) is 5.91 Å². The van der Waals surface area contributed by atoms with E-state index in [-0.39, 0.29) is 23.6 Å². The number of hydrogen-bond donors (Lipinski definition) is 2. The Hall–Kier alpha value is -2.70. The number of pyridine rings is 1. The zero-order chi connectivity index (χ0) is 19.6. The number of amides is 2. The van der Waals surface area contributed by atoms with Crippen molar-refractivity contribution in [3.05, 3.63) is 40.8 Å². The fourth-order valence-electron chi connectivity index (χ4n) is 3.48. The molecular formula is C20H27N5O2. The summed E-state index contributed by atoms with van der Waals surface area (Å²) < 4.78 is 1.71. The van der Waals surface area contributed by atoms with Crippen LogP contribution in [0.1, 0.15) is 72.9 Å². The quantitative estimate of drug-likeness (QED) is 0.864. The van der Waals surface area contributed by atoms with E-state index in [2.05, 4.69) is 15.4 Å². The van der Waals surface area contributed by atoms with Crippen LogP contribution in [0.5, 0.6) is 0 Å². The minimum atomic E-state index is -0.574. The molecule has 0 saturated heterocycles. The lowest BCUT2D eigenvalue weighted by Crippen LogP contribution is -2.33. The summed E-state index contributed by atoms with van der Waals surface area (Å²) in [4.78, 5) is 28.6. The van der Waals surface area contributed by atoms with Crippen LogP contribution in [0.3, 0.4) is 0 Å². The predicted octanol–water partition coefficient (Wildman–Crippen LogP) is 2.60. The van der Waals surface area contributed by atoms with Gasteiger partial charge in [0.25, 0.3) is 5.91 Å². The Morgan fingerprint density at radius 2 is 2.00 bits per heavy atom. The average molecular weight is 369 g/mol. The van der Waals surface area contributed by atoms with E-state index in [1.165, 1.54) is 0 Å². The first-order valence-electron chi connectivity index (χ1n) is 9.69. The fourth-order valence-corrected chi connectivity index (χ4v) is 3.48. The Morgan fingerprint density at radius 1 is 1.26 bits per heavy atom. The summed E-state index contributed by atoms with van der Waals surface area (Å²) in [6.07, 6.45) is 6.09. The zero-order valence-corrected chi connectivity index (χ0v) is 16.2. The van der Waals surface area contributed by atoms with Crippen LogP contribution >= 0.6 is 0 Å². The molecule has 2 aliphatic rings. The van der Waals surface area contributed by atoms with Gasteiger partial charge in [0.1, 0.15) is 0 Å². The molecule has 1 unspecified atom stereocenters. The van der Waals surface area contributed by atoms with Gasteiger partial charge in [-0.25, -0.2) is 9.67 Å². The Bertz CT molecular complexity index is 854. The molecule has 0 radical (unpaired) electrons. The molecule has 0 spiro atoms. The zero-order valence-electron chi connectivity index (χ0n) is 16.2. The average Bonchev–Trinajstić information content (AvgIpc) is 3.44. The van der Waals surface area contributed by atoms with Crippen molar-refractivity contribution in [2.24, 2.45) is 11.7 Å². The van der Waals surface area contributed by atoms with Gasteiger partial charge < -0.3 is 11.1 Å². The summed E-state index contributed by atoms with van der Waals surface area (Å²) in [5.41, 5.74) is 8.55. The van der Waals surface area contributed by atoms with E-state index in [1.54, 1.807) is 10.9 Å². The van der Waals surface area contributed by atoms with Crippen LogP contribution in [0.2, 0.25) is 0 Å². The Morgan fingerprint density at radius 3 is 2.63 bits per heavy atom. The van der Waals surface area contributed by atoms with Crippen molar-refractivity contribution in [2.75, 3.05) is 0 Å². The van der Waals surface area contributed by atoms with Crippen molar-refractivity contribution < 1.29 is 9.59 Å². The third-order valence-electron chi connectivity index (χ3n) is 4.89. The molecule has 2 amide bonds. The van der Waals surface area contributed by atoms with E-state index in [0.29, 0.717) is 5.82 Å². The summed E-state index contributed by atoms with van der Waals surface area (Å²) in [5, 5.41) is 7.54. The Kier molecular flexibility index (Phi) is 5.58. The summed E-state index contributed by atoms with van der Waals surface area (Å²) in [5.74, 6) is 0.277. The second-order valence-corrected chi connectivity index (χ2v) is 6.90. The maximum absolute atomic E-state index is 12.2. The van der Waals surface area contributed by atoms with Gasteiger partial charge in [-0.1, -0.05) is 13.8 Å². The van der Waals surface area contributed by atoms with Gasteiger partial charge in [-0.2, -0.15) is 5.10 Å². The molecule has 3 N–H and O–H groups in total. The molecule has 144 valence electrons. The number of nitrogens with one attached hydrogen (secondary N) is 1. The van der Waals surface area contributed by atoms with Crippen molar-refractivity contribution in [1.29, 1.82) is 0 Å². The molecule has 7 heteroatoms. The lowest BCUT2D eigenvalue weighted by Gasteiger charge is -2.24. The topological polar surface area (TPSA) is 103 Å². The van der Waals surface area contributed by atoms with Crippen LogP contribution in [0.25, 0.3) is 5.82 Å². The minimum Gasteiger partial charge on any atom is -0.364 e. The lowest BCUT2D eigenvalue weighted by molar-refractivity contribution is -0.123. The van der Waals surface area contributed by atoms with Crippen LogP contribution in [-0.2, 0) is 11.2 Å². The lowest BCUT2D eigenvalue weighted by atomic mass is 9.90. The number of carbonyl (C=O) groups excluding carboxylic acids is 2. The van der Waals surface area contributed by atoms with Gasteiger partial charge in [-0.15, -0.1) is 0 Å². The summed E-state index contributed by atoms with van der Waals surface area (Å²) in [6.45, 7) is 5.98. The highest BCUT2D eigenvalue weighted by molar-refractivity contribution is 5.93. The fraction of sp³-hybridized carbons (Fsp3) is 0.500. The molecule has 1 saturated carbocycles. The number of aromatic nitrogens is 3. The molecule has 27 heavy (non-hydrogen) atoms. The van der Waals surface area contributed by atoms with Crippen molar-refractivity contribution in [3.8, 4) is 5.82 Å². The predicted molar refractivity (Wildman–Crippen MR) is 103 cm³/mol. The molecule has 4 rings (SSSR count). The minimum absolute atomic E-state index is 0.0645. The first-order valence-corrected chi connectivity index (χ1v) is 9.69. The monoisotopic (exact) mass is 369 g/mol. The highest BCUT2D eigenvalue weighted by Crippen LogP contribution is 2.36. The Labute approximate surface area is 159 Å². The van der Waals surface area contributed by atoms with Crippen molar-refractivity contribution >= 4 is 11.8 Å². The third kappa shape index (κ3) is 3.86. The maximum atomic E-state index is 12.2. The standard InChI is InChI=1S/C18H21N5O2.C2H6/c1-10-7-8-20-14(9-10)23-13-4-2-3-12(21-18(25)11-5-6-11)15(13)16(22-23)17(19)24;1-2/h7-9,11-12H,2-6H2,1H3,(H2,19,24)(H,21,25);1-2H3. The summed E-state index contributed by atoms with van der Waals surface area (Å²) in [6, 6.07) is 3.62. The van der Waals surface area contributed by atoms with Gasteiger partial charge in [0, 0.05) is 17.7 Å². The molecule has 0 aliphatic heterocycles. The van der Waals surface area contributed by atoms with Crippen LogP contribution in [0.4, 0.5) is 0 Å². The number of rotatable bonds is 4. The molecule has 0 aromatic carbocycles. The smallest absolute Gasteiger partial charge is 0.269 e. The van der Waals surface area contributed by atoms with E-state index in [0.717, 1.165) is 48.9 Å². The second-order valence-electron chi connectivity index (χ2n) is 6.90. The van der Waals surface area contributed by atoms with Crippen LogP contribution in [0, 0.1) is 12.8 Å². The maximum Gasteiger partial charge on any atom is 0.269 e. The SMILES string of the molecule is CC.Cc1ccnc(-n2nc(C(N)=O)c3c2CCCC3NC(=O)C2CC2)c1. The van der Waals surface area contributed by atoms with Crippen molar-refractivity contribution in [2.45, 2.75) is 58.9 Å². The van der Waals surface area contributed by atoms with Crippen molar-refractivity contribution in [1.82, 2.24) is 20.1 Å². The molecule has 2 aromatic rings. The number of nitrogens with zero attached hydrogens (tertiary/aromatic N) is 3. The van der Waals surface area contributed by atoms with Gasteiger partial charge in [0.05, 0.1) is 11.7 Å². The van der Waals surface area contributed by atoms with Crippen molar-refractivity contribution in [3.63, 3.8) is 0 Å². The normalized spacial score (nSPS) is 18.1. The molecule has 2 heterocycles. The molecule has 1 atom stereocenters. The molecule has 1 fully saturated rings. The number of hydrogen-bond acceptors (Lipinski definition) is 4. The van der Waals surface area contributed by atoms with Gasteiger partial charge >= 0.3 is 0 Å². The van der Waals surface area contributed by atoms with Gasteiger partial charge in [0.15, 0.2) is 11.5 Å². The van der Waals surface area contributed by atoms with E-state index in [1.807, 2.05) is 32.9 Å². The first kappa shape index (κ1) is 19.1. The van der Waals surface area contributed by atoms with E-state index < -0.39 is 5.91 Å². The highest BCUT2D eigenvalue weighted by atomic mass is 16.2. The van der Waals surface area contributed by atoms with Crippen LogP contribution in [-0.4, -0.2) is 26.6 Å². The number of fused-ring (bicyclic) bond motifs is 1.